The van der Waals surface area contributed by atoms with E-state index in [2.05, 4.69) is 43.0 Å². The van der Waals surface area contributed by atoms with E-state index in [4.69, 9.17) is 18.9 Å². The van der Waals surface area contributed by atoms with Crippen molar-refractivity contribution in [1.29, 1.82) is 0 Å². The van der Waals surface area contributed by atoms with E-state index in [9.17, 15) is 9.59 Å². The SMILES string of the molecule is CCNC(=O)OC[C@H]1O[C@@H](n2cnc3c(NC(=O)NC45CC6CC(CC(C6)C4)C5)ncnc32)[C@H]2OC3(Cc4ccccc4C3)OC12. The van der Waals surface area contributed by atoms with Crippen LogP contribution >= 0.6 is 0 Å². The molecule has 3 amide bonds. The van der Waals surface area contributed by atoms with Crippen LogP contribution in [0.3, 0.4) is 0 Å². The van der Waals surface area contributed by atoms with E-state index in [-0.39, 0.29) is 18.2 Å². The van der Waals surface area contributed by atoms with E-state index in [1.807, 2.05) is 19.1 Å². The molecule has 3 aromatic rings. The number of hydrogen-bond acceptors (Lipinski definition) is 9. The number of amides is 3. The van der Waals surface area contributed by atoms with E-state index >= 15 is 0 Å². The summed E-state index contributed by atoms with van der Waals surface area (Å²) in [5.41, 5.74) is 3.20. The Morgan fingerprint density at radius 3 is 2.37 bits per heavy atom. The molecule has 3 N–H and O–H groups in total. The Balaban J connectivity index is 0.966. The zero-order valence-electron chi connectivity index (χ0n) is 25.8. The molecular formula is C33H39N7O6. The smallest absolute Gasteiger partial charge is 0.407 e. The summed E-state index contributed by atoms with van der Waals surface area (Å²) >= 11 is 0. The van der Waals surface area contributed by atoms with Gasteiger partial charge in [-0.25, -0.2) is 24.5 Å². The number of rotatable bonds is 6. The second-order valence-corrected chi connectivity index (χ2v) is 14.2. The number of nitrogens with zero attached hydrogens (tertiary/aromatic N) is 4. The Morgan fingerprint density at radius 2 is 1.67 bits per heavy atom. The van der Waals surface area contributed by atoms with E-state index in [1.165, 1.54) is 36.7 Å². The average Bonchev–Trinajstić information content (AvgIpc) is 3.77. The first-order valence-corrected chi connectivity index (χ1v) is 16.6. The maximum absolute atomic E-state index is 13.4. The molecule has 13 nitrogen and oxygen atoms in total. The average molecular weight is 630 g/mol. The first-order chi connectivity index (χ1) is 22.4. The molecule has 6 fully saturated rings. The van der Waals surface area contributed by atoms with Gasteiger partial charge < -0.3 is 29.6 Å². The van der Waals surface area contributed by atoms with Crippen LogP contribution in [0, 0.1) is 17.8 Å². The molecule has 10 rings (SSSR count). The van der Waals surface area contributed by atoms with Gasteiger partial charge in [0.05, 0.1) is 6.33 Å². The van der Waals surface area contributed by atoms with Gasteiger partial charge in [-0.3, -0.25) is 9.88 Å². The van der Waals surface area contributed by atoms with Crippen molar-refractivity contribution in [3.63, 3.8) is 0 Å². The van der Waals surface area contributed by atoms with Crippen LogP contribution in [0.25, 0.3) is 11.2 Å². The molecule has 4 bridgehead atoms. The van der Waals surface area contributed by atoms with Crippen molar-refractivity contribution in [3.8, 4) is 0 Å². The van der Waals surface area contributed by atoms with E-state index in [0.29, 0.717) is 36.4 Å². The molecule has 2 aliphatic heterocycles. The molecule has 13 heteroatoms. The molecule has 5 aliphatic carbocycles. The standard InChI is InChI=1S/C33H39N7O6/c1-2-34-31(42)43-15-23-25-26(46-33(45-25)13-21-5-3-4-6-22(21)14-33)29(44-23)40-17-37-24-27(35-16-36-28(24)40)38-30(41)39-32-10-18-7-19(11-32)9-20(8-18)12-32/h3-6,16-20,23,25-26,29H,2,7-15H2,1H3,(H,34,42)(H2,35,36,38,39,41)/t18?,19?,20?,23-,25?,26+,29-,32?/m1/s1. The van der Waals surface area contributed by atoms with Crippen molar-refractivity contribution in [2.24, 2.45) is 17.8 Å². The molecule has 1 aromatic carbocycles. The topological polar surface area (TPSA) is 151 Å². The van der Waals surface area contributed by atoms with Crippen molar-refractivity contribution < 1.29 is 28.5 Å². The monoisotopic (exact) mass is 629 g/mol. The predicted molar refractivity (Wildman–Crippen MR) is 164 cm³/mol. The van der Waals surface area contributed by atoms with Crippen LogP contribution < -0.4 is 16.0 Å². The Bertz CT molecular complexity index is 1630. The molecule has 1 unspecified atom stereocenters. The normalized spacial score (nSPS) is 34.5. The predicted octanol–water partition coefficient (Wildman–Crippen LogP) is 3.84. The lowest BCUT2D eigenvalue weighted by molar-refractivity contribution is -0.213. The minimum absolute atomic E-state index is 0.00516. The van der Waals surface area contributed by atoms with Gasteiger partial charge in [-0.15, -0.1) is 0 Å². The third-order valence-corrected chi connectivity index (χ3v) is 11.0. The summed E-state index contributed by atoms with van der Waals surface area (Å²) < 4.78 is 27.2. The number of nitrogens with one attached hydrogen (secondary N) is 3. The molecule has 0 radical (unpaired) electrons. The first kappa shape index (κ1) is 28.4. The zero-order valence-corrected chi connectivity index (χ0v) is 25.8. The number of ether oxygens (including phenoxy) is 4. The number of carbonyl (C=O) groups is 2. The largest absolute Gasteiger partial charge is 0.447 e. The molecule has 242 valence electrons. The molecule has 46 heavy (non-hydrogen) atoms. The number of anilines is 1. The number of hydrogen-bond donors (Lipinski definition) is 3. The van der Waals surface area contributed by atoms with Crippen molar-refractivity contribution in [1.82, 2.24) is 30.2 Å². The van der Waals surface area contributed by atoms with Crippen molar-refractivity contribution in [3.05, 3.63) is 48.0 Å². The van der Waals surface area contributed by atoms with Gasteiger partial charge in [0.1, 0.15) is 31.2 Å². The number of benzene rings is 1. The molecule has 7 aliphatic rings. The lowest BCUT2D eigenvalue weighted by atomic mass is 9.53. The van der Waals surface area contributed by atoms with Crippen LogP contribution in [0.15, 0.2) is 36.9 Å². The van der Waals surface area contributed by atoms with Gasteiger partial charge in [-0.2, -0.15) is 0 Å². The Labute approximate surface area is 266 Å². The number of imidazole rings is 1. The highest BCUT2D eigenvalue weighted by Gasteiger charge is 2.60. The summed E-state index contributed by atoms with van der Waals surface area (Å²) in [6, 6.07) is 7.99. The lowest BCUT2D eigenvalue weighted by Gasteiger charge is -2.56. The fraction of sp³-hybridized carbons (Fsp3) is 0.606. The minimum atomic E-state index is -0.835. The Morgan fingerprint density at radius 1 is 0.978 bits per heavy atom. The maximum atomic E-state index is 13.4. The summed E-state index contributed by atoms with van der Waals surface area (Å²) in [5, 5.41) is 8.98. The van der Waals surface area contributed by atoms with Gasteiger partial charge in [-0.05, 0) is 74.3 Å². The Hall–Kier alpha value is -3.81. The van der Waals surface area contributed by atoms with Gasteiger partial charge in [0, 0.05) is 24.9 Å². The van der Waals surface area contributed by atoms with E-state index < -0.39 is 36.4 Å². The molecule has 4 heterocycles. The van der Waals surface area contributed by atoms with Crippen LogP contribution in [0.4, 0.5) is 15.4 Å². The summed E-state index contributed by atoms with van der Waals surface area (Å²) in [4.78, 5) is 39.1. The van der Waals surface area contributed by atoms with Crippen LogP contribution in [0.5, 0.6) is 0 Å². The van der Waals surface area contributed by atoms with Gasteiger partial charge in [0.2, 0.25) is 0 Å². The highest BCUT2D eigenvalue weighted by atomic mass is 16.8. The molecule has 1 spiro atoms. The maximum Gasteiger partial charge on any atom is 0.407 e. The number of urea groups is 1. The van der Waals surface area contributed by atoms with Crippen LogP contribution in [-0.2, 0) is 31.8 Å². The first-order valence-electron chi connectivity index (χ1n) is 16.6. The highest BCUT2D eigenvalue weighted by molar-refractivity contribution is 5.96. The number of alkyl carbamates (subject to hydrolysis) is 1. The second-order valence-electron chi connectivity index (χ2n) is 14.2. The fourth-order valence-electron chi connectivity index (χ4n) is 9.70. The van der Waals surface area contributed by atoms with Crippen molar-refractivity contribution >= 4 is 29.1 Å². The van der Waals surface area contributed by atoms with Gasteiger partial charge in [0.15, 0.2) is 29.0 Å². The van der Waals surface area contributed by atoms with Crippen molar-refractivity contribution in [2.45, 2.75) is 94.2 Å². The Kier molecular flexibility index (Phi) is 6.55. The minimum Gasteiger partial charge on any atom is -0.447 e. The highest BCUT2D eigenvalue weighted by Crippen LogP contribution is 2.55. The third kappa shape index (κ3) is 4.73. The van der Waals surface area contributed by atoms with E-state index in [1.54, 1.807) is 10.9 Å². The van der Waals surface area contributed by atoms with Crippen molar-refractivity contribution in [2.75, 3.05) is 18.5 Å². The quantitative estimate of drug-likeness (QED) is 0.370. The molecular weight excluding hydrogens is 590 g/mol. The number of aromatic nitrogens is 4. The van der Waals surface area contributed by atoms with Crippen LogP contribution in [0.2, 0.25) is 0 Å². The fourth-order valence-corrected chi connectivity index (χ4v) is 9.70. The summed E-state index contributed by atoms with van der Waals surface area (Å²) in [5.74, 6) is 1.66. The zero-order chi connectivity index (χ0) is 31.0. The molecule has 2 saturated heterocycles. The summed E-state index contributed by atoms with van der Waals surface area (Å²) in [6.45, 7) is 2.28. The van der Waals surface area contributed by atoms with Gasteiger partial charge >= 0.3 is 12.1 Å². The van der Waals surface area contributed by atoms with Crippen LogP contribution in [-0.4, -0.2) is 74.4 Å². The van der Waals surface area contributed by atoms with Gasteiger partial charge in [0.25, 0.3) is 0 Å². The second kappa shape index (κ2) is 10.6. The lowest BCUT2D eigenvalue weighted by Crippen LogP contribution is -2.60. The molecule has 2 aromatic heterocycles. The number of fused-ring (bicyclic) bond motifs is 3. The van der Waals surface area contributed by atoms with Crippen LogP contribution in [0.1, 0.15) is 62.8 Å². The van der Waals surface area contributed by atoms with E-state index in [0.717, 1.165) is 37.0 Å². The molecule has 4 atom stereocenters. The summed E-state index contributed by atoms with van der Waals surface area (Å²) in [7, 11) is 0. The number of carbonyl (C=O) groups excluding carboxylic acids is 2. The third-order valence-electron chi connectivity index (χ3n) is 11.0. The summed E-state index contributed by atoms with van der Waals surface area (Å²) in [6.07, 6.45) is 8.61. The van der Waals surface area contributed by atoms with Gasteiger partial charge in [-0.1, -0.05) is 24.3 Å². The molecule has 4 saturated carbocycles.